The minimum absolute atomic E-state index is 0.164. The highest BCUT2D eigenvalue weighted by atomic mass is 16.5. The van der Waals surface area contributed by atoms with Crippen molar-refractivity contribution in [1.29, 1.82) is 0 Å². The van der Waals surface area contributed by atoms with Crippen LogP contribution in [0.4, 0.5) is 0 Å². The molecule has 1 aliphatic rings. The van der Waals surface area contributed by atoms with Crippen molar-refractivity contribution < 1.29 is 9.47 Å². The van der Waals surface area contributed by atoms with Crippen LogP contribution < -0.4 is 15.2 Å². The van der Waals surface area contributed by atoms with Crippen LogP contribution >= 0.6 is 0 Å². The molecule has 2 rings (SSSR count). The Bertz CT molecular complexity index is 383. The summed E-state index contributed by atoms with van der Waals surface area (Å²) in [6, 6.07) is 3.99. The summed E-state index contributed by atoms with van der Waals surface area (Å²) in [5.41, 5.74) is 8.22. The first-order valence-electron chi connectivity index (χ1n) is 5.13. The molecule has 15 heavy (non-hydrogen) atoms. The van der Waals surface area contributed by atoms with Crippen molar-refractivity contribution in [2.24, 2.45) is 5.73 Å². The first-order chi connectivity index (χ1) is 7.10. The third-order valence-corrected chi connectivity index (χ3v) is 3.04. The Labute approximate surface area is 90.2 Å². The van der Waals surface area contributed by atoms with E-state index in [1.54, 1.807) is 14.2 Å². The Kier molecular flexibility index (Phi) is 2.35. The van der Waals surface area contributed by atoms with Crippen LogP contribution in [-0.2, 0) is 5.54 Å². The van der Waals surface area contributed by atoms with Gasteiger partial charge in [0.05, 0.1) is 14.2 Å². The van der Waals surface area contributed by atoms with Crippen molar-refractivity contribution in [3.8, 4) is 11.5 Å². The molecule has 1 aromatic carbocycles. The zero-order valence-electron chi connectivity index (χ0n) is 9.46. The summed E-state index contributed by atoms with van der Waals surface area (Å²) in [6.07, 6.45) is 2.07. The highest BCUT2D eigenvalue weighted by Crippen LogP contribution is 2.47. The molecule has 0 heterocycles. The second kappa shape index (κ2) is 3.42. The van der Waals surface area contributed by atoms with Gasteiger partial charge in [0.25, 0.3) is 0 Å². The maximum Gasteiger partial charge on any atom is 0.127 e. The number of benzene rings is 1. The topological polar surface area (TPSA) is 44.5 Å². The van der Waals surface area contributed by atoms with Crippen LogP contribution in [0.25, 0.3) is 0 Å². The van der Waals surface area contributed by atoms with Gasteiger partial charge in [-0.1, -0.05) is 0 Å². The van der Waals surface area contributed by atoms with E-state index in [2.05, 4.69) is 6.07 Å². The van der Waals surface area contributed by atoms with E-state index in [-0.39, 0.29) is 5.54 Å². The van der Waals surface area contributed by atoms with Crippen LogP contribution in [0.5, 0.6) is 11.5 Å². The predicted molar refractivity (Wildman–Crippen MR) is 59.4 cm³/mol. The van der Waals surface area contributed by atoms with Gasteiger partial charge in [-0.3, -0.25) is 0 Å². The number of rotatable bonds is 3. The van der Waals surface area contributed by atoms with E-state index < -0.39 is 0 Å². The number of hydrogen-bond donors (Lipinski definition) is 1. The lowest BCUT2D eigenvalue weighted by Crippen LogP contribution is -2.20. The fourth-order valence-electron chi connectivity index (χ4n) is 1.85. The lowest BCUT2D eigenvalue weighted by molar-refractivity contribution is 0.386. The molecular formula is C12H17NO2. The van der Waals surface area contributed by atoms with E-state index in [0.29, 0.717) is 0 Å². The van der Waals surface area contributed by atoms with Gasteiger partial charge in [-0.2, -0.15) is 0 Å². The zero-order valence-corrected chi connectivity index (χ0v) is 9.46. The Balaban J connectivity index is 2.50. The zero-order chi connectivity index (χ0) is 11.1. The van der Waals surface area contributed by atoms with Gasteiger partial charge in [0.2, 0.25) is 0 Å². The molecule has 2 N–H and O–H groups in total. The second-order valence-electron chi connectivity index (χ2n) is 4.18. The first kappa shape index (κ1) is 10.3. The van der Waals surface area contributed by atoms with Crippen molar-refractivity contribution in [3.63, 3.8) is 0 Å². The van der Waals surface area contributed by atoms with Crippen LogP contribution in [0.2, 0.25) is 0 Å². The summed E-state index contributed by atoms with van der Waals surface area (Å²) in [7, 11) is 3.33. The molecule has 0 amide bonds. The monoisotopic (exact) mass is 207 g/mol. The van der Waals surface area contributed by atoms with Gasteiger partial charge in [-0.15, -0.1) is 0 Å². The van der Waals surface area contributed by atoms with E-state index >= 15 is 0 Å². The third-order valence-electron chi connectivity index (χ3n) is 3.04. The molecule has 0 aromatic heterocycles. The fraction of sp³-hybridized carbons (Fsp3) is 0.500. The van der Waals surface area contributed by atoms with Crippen molar-refractivity contribution in [2.45, 2.75) is 25.3 Å². The maximum absolute atomic E-state index is 6.18. The van der Waals surface area contributed by atoms with E-state index in [9.17, 15) is 0 Å². The second-order valence-corrected chi connectivity index (χ2v) is 4.18. The molecule has 0 bridgehead atoms. The SMILES string of the molecule is COc1cc(OC)c(C2(N)CC2)cc1C. The highest BCUT2D eigenvalue weighted by molar-refractivity contribution is 5.50. The first-order valence-corrected chi connectivity index (χ1v) is 5.13. The molecule has 3 nitrogen and oxygen atoms in total. The molecule has 0 spiro atoms. The standard InChI is InChI=1S/C12H17NO2/c1-8-6-9(12(13)4-5-12)11(15-3)7-10(8)14-2/h6-7H,4-5,13H2,1-3H3. The van der Waals surface area contributed by atoms with E-state index in [4.69, 9.17) is 15.2 Å². The minimum Gasteiger partial charge on any atom is -0.496 e. The molecule has 3 heteroatoms. The quantitative estimate of drug-likeness (QED) is 0.824. The summed E-state index contributed by atoms with van der Waals surface area (Å²) in [5.74, 6) is 1.68. The summed E-state index contributed by atoms with van der Waals surface area (Å²) in [6.45, 7) is 2.02. The molecule has 0 saturated heterocycles. The fourth-order valence-corrected chi connectivity index (χ4v) is 1.85. The molecule has 0 radical (unpaired) electrons. The number of methoxy groups -OCH3 is 2. The Morgan fingerprint density at radius 2 is 1.73 bits per heavy atom. The van der Waals surface area contributed by atoms with E-state index in [1.165, 1.54) is 0 Å². The minimum atomic E-state index is -0.164. The van der Waals surface area contributed by atoms with E-state index in [0.717, 1.165) is 35.5 Å². The molecule has 0 aliphatic heterocycles. The van der Waals surface area contributed by atoms with Gasteiger partial charge in [-0.05, 0) is 31.4 Å². The van der Waals surface area contributed by atoms with Crippen LogP contribution in [0.15, 0.2) is 12.1 Å². The van der Waals surface area contributed by atoms with Crippen LogP contribution in [-0.4, -0.2) is 14.2 Å². The summed E-state index contributed by atoms with van der Waals surface area (Å²) in [4.78, 5) is 0. The van der Waals surface area contributed by atoms with Crippen molar-refractivity contribution >= 4 is 0 Å². The summed E-state index contributed by atoms with van der Waals surface area (Å²) >= 11 is 0. The van der Waals surface area contributed by atoms with Crippen molar-refractivity contribution in [1.82, 2.24) is 0 Å². The average molecular weight is 207 g/mol. The third kappa shape index (κ3) is 1.67. The van der Waals surface area contributed by atoms with Crippen molar-refractivity contribution in [2.75, 3.05) is 14.2 Å². The normalized spacial score (nSPS) is 17.3. The number of aryl methyl sites for hydroxylation is 1. The molecule has 82 valence electrons. The number of nitrogens with two attached hydrogens (primary N) is 1. The molecular weight excluding hydrogens is 190 g/mol. The average Bonchev–Trinajstić information content (AvgIpc) is 2.97. The molecule has 1 aromatic rings. The predicted octanol–water partition coefficient (Wildman–Crippen LogP) is 1.96. The molecule has 1 saturated carbocycles. The summed E-state index contributed by atoms with van der Waals surface area (Å²) < 4.78 is 10.6. The molecule has 1 fully saturated rings. The van der Waals surface area contributed by atoms with Gasteiger partial charge in [0.15, 0.2) is 0 Å². The van der Waals surface area contributed by atoms with Gasteiger partial charge in [0.1, 0.15) is 11.5 Å². The molecule has 0 unspecified atom stereocenters. The van der Waals surface area contributed by atoms with Gasteiger partial charge in [0, 0.05) is 17.2 Å². The highest BCUT2D eigenvalue weighted by Gasteiger charge is 2.42. The van der Waals surface area contributed by atoms with Crippen LogP contribution in [0.3, 0.4) is 0 Å². The largest absolute Gasteiger partial charge is 0.496 e. The number of hydrogen-bond acceptors (Lipinski definition) is 3. The lowest BCUT2D eigenvalue weighted by Gasteiger charge is -2.17. The van der Waals surface area contributed by atoms with Crippen LogP contribution in [0.1, 0.15) is 24.0 Å². The van der Waals surface area contributed by atoms with Gasteiger partial charge >= 0.3 is 0 Å². The van der Waals surface area contributed by atoms with Crippen molar-refractivity contribution in [3.05, 3.63) is 23.3 Å². The van der Waals surface area contributed by atoms with E-state index in [1.807, 2.05) is 13.0 Å². The Morgan fingerprint density at radius 1 is 1.13 bits per heavy atom. The smallest absolute Gasteiger partial charge is 0.127 e. The van der Waals surface area contributed by atoms with Crippen LogP contribution in [0, 0.1) is 6.92 Å². The summed E-state index contributed by atoms with van der Waals surface area (Å²) in [5, 5.41) is 0. The molecule has 0 atom stereocenters. The Morgan fingerprint density at radius 3 is 2.20 bits per heavy atom. The Hall–Kier alpha value is -1.22. The number of ether oxygens (including phenoxy) is 2. The van der Waals surface area contributed by atoms with Gasteiger partial charge < -0.3 is 15.2 Å². The molecule has 1 aliphatic carbocycles. The lowest BCUT2D eigenvalue weighted by atomic mass is 10.0. The maximum atomic E-state index is 6.18. The van der Waals surface area contributed by atoms with Gasteiger partial charge in [-0.25, -0.2) is 0 Å².